The van der Waals surface area contributed by atoms with E-state index in [-0.39, 0.29) is 33.0 Å². The first kappa shape index (κ1) is 24.7. The van der Waals surface area contributed by atoms with Gasteiger partial charge in [-0.3, -0.25) is 10.4 Å². The van der Waals surface area contributed by atoms with Crippen molar-refractivity contribution in [2.75, 3.05) is 10.5 Å². The molecule has 0 amide bonds. The third-order valence-corrected chi connectivity index (χ3v) is 5.06. The summed E-state index contributed by atoms with van der Waals surface area (Å²) in [6.45, 7) is 3.38. The minimum atomic E-state index is -0.620. The van der Waals surface area contributed by atoms with Gasteiger partial charge in [0.2, 0.25) is 0 Å². The van der Waals surface area contributed by atoms with Crippen LogP contribution in [0.25, 0.3) is 0 Å². The van der Waals surface area contributed by atoms with E-state index < -0.39 is 24.1 Å². The van der Waals surface area contributed by atoms with E-state index >= 15 is 0 Å². The molecule has 34 heavy (non-hydrogen) atoms. The van der Waals surface area contributed by atoms with Crippen LogP contribution in [0.2, 0.25) is 0 Å². The average molecular weight is 466 g/mol. The zero-order valence-corrected chi connectivity index (χ0v) is 18.3. The monoisotopic (exact) mass is 466 g/mol. The second-order valence-electron chi connectivity index (χ2n) is 7.40. The van der Waals surface area contributed by atoms with E-state index in [1.54, 1.807) is 38.1 Å². The van der Waals surface area contributed by atoms with Crippen LogP contribution in [0.15, 0.2) is 72.8 Å². The molecule has 0 heterocycles. The molecule has 10 nitrogen and oxygen atoms in total. The van der Waals surface area contributed by atoms with Crippen molar-refractivity contribution in [1.29, 1.82) is 0 Å². The predicted octanol–water partition coefficient (Wildman–Crippen LogP) is 4.91. The number of anilines is 2. The lowest BCUT2D eigenvalue weighted by molar-refractivity contribution is 0.0334. The Hall–Kier alpha value is -3.96. The Bertz CT molecular complexity index is 1040. The highest BCUT2D eigenvalue weighted by molar-refractivity contribution is 5.90. The maximum atomic E-state index is 12.4. The van der Waals surface area contributed by atoms with E-state index in [0.29, 0.717) is 11.1 Å². The second-order valence-corrected chi connectivity index (χ2v) is 7.40. The fraction of sp³-hybridized carbons (Fsp3) is 0.167. The highest BCUT2D eigenvalue weighted by atomic mass is 16.8. The summed E-state index contributed by atoms with van der Waals surface area (Å²) in [5.41, 5.74) is 1.74. The van der Waals surface area contributed by atoms with Crippen LogP contribution in [-0.4, -0.2) is 22.4 Å². The zero-order valence-electron chi connectivity index (χ0n) is 18.3. The van der Waals surface area contributed by atoms with Gasteiger partial charge < -0.3 is 30.3 Å². The fourth-order valence-electron chi connectivity index (χ4n) is 3.11. The van der Waals surface area contributed by atoms with Gasteiger partial charge in [-0.2, -0.15) is 0 Å². The van der Waals surface area contributed by atoms with Crippen LogP contribution in [0.3, 0.4) is 0 Å². The van der Waals surface area contributed by atoms with E-state index in [0.717, 1.165) is 0 Å². The molecule has 0 aliphatic heterocycles. The van der Waals surface area contributed by atoms with Gasteiger partial charge in [-0.15, -0.1) is 0 Å². The number of rotatable bonds is 8. The average Bonchev–Trinajstić information content (AvgIpc) is 2.84. The molecule has 3 aromatic rings. The highest BCUT2D eigenvalue weighted by Crippen LogP contribution is 2.25. The van der Waals surface area contributed by atoms with Crippen molar-refractivity contribution in [2.45, 2.75) is 26.1 Å². The molecule has 0 fully saturated rings. The van der Waals surface area contributed by atoms with Crippen molar-refractivity contribution in [2.24, 2.45) is 0 Å². The van der Waals surface area contributed by atoms with E-state index in [1.165, 1.54) is 48.5 Å². The molecule has 0 saturated heterocycles. The maximum absolute atomic E-state index is 12.4. The Kier molecular flexibility index (Phi) is 7.82. The van der Waals surface area contributed by atoms with Crippen LogP contribution >= 0.6 is 0 Å². The van der Waals surface area contributed by atoms with Gasteiger partial charge in [0, 0.05) is 0 Å². The molecular formula is C24H22N2O8-2. The van der Waals surface area contributed by atoms with E-state index in [2.05, 4.69) is 0 Å². The molecule has 3 rings (SSSR count). The molecule has 3 aromatic carbocycles. The summed E-state index contributed by atoms with van der Waals surface area (Å²) in [5.74, 6) is -1.22. The first-order valence-electron chi connectivity index (χ1n) is 10.2. The molecular weight excluding hydrogens is 444 g/mol. The fourth-order valence-corrected chi connectivity index (χ4v) is 3.11. The summed E-state index contributed by atoms with van der Waals surface area (Å²) in [5, 5.41) is 38.9. The molecule has 10 heteroatoms. The summed E-state index contributed by atoms with van der Waals surface area (Å²) in [6.07, 6.45) is -1.24. The summed E-state index contributed by atoms with van der Waals surface area (Å²) in [6, 6.07) is 17.7. The van der Waals surface area contributed by atoms with Gasteiger partial charge in [-0.1, -0.05) is 18.2 Å². The third kappa shape index (κ3) is 6.09. The number of hydrogen-bond acceptors (Lipinski definition) is 10. The van der Waals surface area contributed by atoms with Gasteiger partial charge in [0.1, 0.15) is 12.2 Å². The molecule has 0 unspecified atom stereocenters. The number of carbonyl (C=O) groups excluding carboxylic acids is 2. The summed E-state index contributed by atoms with van der Waals surface area (Å²) in [7, 11) is 0. The molecule has 0 aliphatic rings. The standard InChI is InChI=1S/C24H22N2O8/c1-15(33-23(27)17-6-10-21(11-7-17)25(29)30)19-4-3-5-20(14-19)16(2)34-24(28)18-8-12-22(13-9-18)26(31)32/h3-16,29,31H,1-2H3/q-2/t15-,16-/m0/s1. The van der Waals surface area contributed by atoms with Crippen molar-refractivity contribution in [3.05, 3.63) is 105 Å². The van der Waals surface area contributed by atoms with Crippen LogP contribution in [-0.2, 0) is 9.47 Å². The molecule has 0 aromatic heterocycles. The smallest absolute Gasteiger partial charge is 0.338 e. The van der Waals surface area contributed by atoms with Crippen molar-refractivity contribution < 1.29 is 29.5 Å². The number of ether oxygens (including phenoxy) is 2. The Morgan fingerprint density at radius 3 is 1.38 bits per heavy atom. The van der Waals surface area contributed by atoms with Gasteiger partial charge in [0.05, 0.1) is 22.5 Å². The second kappa shape index (κ2) is 10.8. The number of benzene rings is 3. The van der Waals surface area contributed by atoms with E-state index in [4.69, 9.17) is 19.9 Å². The molecule has 2 N–H and O–H groups in total. The normalized spacial score (nSPS) is 12.4. The first-order chi connectivity index (χ1) is 16.2. The van der Waals surface area contributed by atoms with Crippen LogP contribution < -0.4 is 10.5 Å². The lowest BCUT2D eigenvalue weighted by Gasteiger charge is -2.21. The van der Waals surface area contributed by atoms with E-state index in [9.17, 15) is 20.0 Å². The van der Waals surface area contributed by atoms with Crippen LogP contribution in [0.4, 0.5) is 11.4 Å². The summed E-state index contributed by atoms with van der Waals surface area (Å²) < 4.78 is 11.0. The number of esters is 2. The van der Waals surface area contributed by atoms with Gasteiger partial charge in [-0.05, 0) is 79.6 Å². The summed E-state index contributed by atoms with van der Waals surface area (Å²) in [4.78, 5) is 24.8. The largest absolute Gasteiger partial charge is 0.733 e. The van der Waals surface area contributed by atoms with Crippen molar-refractivity contribution in [1.82, 2.24) is 0 Å². The Morgan fingerprint density at radius 2 is 1.06 bits per heavy atom. The van der Waals surface area contributed by atoms with Crippen molar-refractivity contribution in [3.63, 3.8) is 0 Å². The first-order valence-corrected chi connectivity index (χ1v) is 10.2. The number of nitrogens with zero attached hydrogens (tertiary/aromatic N) is 2. The zero-order chi connectivity index (χ0) is 24.8. The van der Waals surface area contributed by atoms with Gasteiger partial charge in [-0.25, -0.2) is 9.59 Å². The third-order valence-electron chi connectivity index (χ3n) is 5.06. The van der Waals surface area contributed by atoms with E-state index in [1.807, 2.05) is 0 Å². The van der Waals surface area contributed by atoms with Crippen molar-refractivity contribution in [3.8, 4) is 0 Å². The lowest BCUT2D eigenvalue weighted by Crippen LogP contribution is -2.12. The predicted molar refractivity (Wildman–Crippen MR) is 122 cm³/mol. The Morgan fingerprint density at radius 1 is 0.706 bits per heavy atom. The molecule has 0 aliphatic carbocycles. The van der Waals surface area contributed by atoms with Crippen molar-refractivity contribution >= 4 is 23.3 Å². The minimum absolute atomic E-state index is 0.0162. The van der Waals surface area contributed by atoms with Crippen LogP contribution in [0, 0.1) is 10.4 Å². The Labute approximate surface area is 195 Å². The molecule has 0 saturated carbocycles. The molecule has 178 valence electrons. The molecule has 2 atom stereocenters. The minimum Gasteiger partial charge on any atom is -0.733 e. The Balaban J connectivity index is 1.64. The topological polar surface area (TPSA) is 146 Å². The van der Waals surface area contributed by atoms with Crippen LogP contribution in [0.1, 0.15) is 57.9 Å². The van der Waals surface area contributed by atoms with Gasteiger partial charge in [0.25, 0.3) is 0 Å². The lowest BCUT2D eigenvalue weighted by atomic mass is 10.0. The highest BCUT2D eigenvalue weighted by Gasteiger charge is 2.18. The maximum Gasteiger partial charge on any atom is 0.338 e. The quantitative estimate of drug-likeness (QED) is 0.347. The van der Waals surface area contributed by atoms with Gasteiger partial charge in [0.15, 0.2) is 0 Å². The van der Waals surface area contributed by atoms with Crippen LogP contribution in [0.5, 0.6) is 0 Å². The SMILES string of the molecule is C[C@H](OC(=O)c1ccc(N([O-])O)cc1)c1cccc([C@H](C)OC(=O)c2ccc(N([O-])O)cc2)c1. The molecule has 0 radical (unpaired) electrons. The summed E-state index contributed by atoms with van der Waals surface area (Å²) >= 11 is 0. The molecule has 0 bridgehead atoms. The molecule has 0 spiro atoms. The van der Waals surface area contributed by atoms with Gasteiger partial charge >= 0.3 is 11.9 Å². The number of carbonyl (C=O) groups is 2. The number of hydrogen-bond donors (Lipinski definition) is 2.